The lowest BCUT2D eigenvalue weighted by Crippen LogP contribution is -2.16. The number of anilines is 1. The number of hydrogen-bond acceptors (Lipinski definition) is 5. The minimum Gasteiger partial charge on any atom is -0.325 e. The number of amides is 1. The van der Waals surface area contributed by atoms with Crippen LogP contribution < -0.4 is 5.32 Å². The van der Waals surface area contributed by atoms with Gasteiger partial charge in [-0.1, -0.05) is 36.0 Å². The third-order valence-electron chi connectivity index (χ3n) is 5.22. The second-order valence-electron chi connectivity index (χ2n) is 7.21. The fourth-order valence-corrected chi connectivity index (χ4v) is 4.58. The molecule has 0 aliphatic heterocycles. The second-order valence-corrected chi connectivity index (χ2v) is 8.15. The van der Waals surface area contributed by atoms with E-state index in [2.05, 4.69) is 9.88 Å². The Bertz CT molecular complexity index is 1100. The van der Waals surface area contributed by atoms with E-state index in [0.29, 0.717) is 11.3 Å². The van der Waals surface area contributed by atoms with Crippen LogP contribution in [-0.2, 0) is 17.6 Å². The summed E-state index contributed by atoms with van der Waals surface area (Å²) in [5.74, 6) is -0.0469. The molecule has 154 valence electrons. The van der Waals surface area contributed by atoms with Crippen molar-refractivity contribution in [2.75, 3.05) is 11.1 Å². The number of aromatic nitrogens is 2. The molecule has 1 aromatic heterocycles. The topological polar surface area (TPSA) is 90.1 Å². The van der Waals surface area contributed by atoms with Gasteiger partial charge in [-0.05, 0) is 50.8 Å². The number of benzene rings is 2. The molecule has 4 rings (SSSR count). The van der Waals surface area contributed by atoms with Gasteiger partial charge in [0, 0.05) is 17.4 Å². The van der Waals surface area contributed by atoms with Gasteiger partial charge in [-0.3, -0.25) is 19.5 Å². The number of imidazole rings is 1. The molecule has 0 saturated carbocycles. The molecule has 0 unspecified atom stereocenters. The predicted octanol–water partition coefficient (Wildman–Crippen LogP) is 4.70. The molecule has 2 aromatic carbocycles. The van der Waals surface area contributed by atoms with E-state index in [0.717, 1.165) is 42.2 Å². The van der Waals surface area contributed by atoms with E-state index >= 15 is 0 Å². The lowest BCUT2D eigenvalue weighted by atomic mass is 10.0. The first-order valence-corrected chi connectivity index (χ1v) is 10.9. The molecule has 0 bridgehead atoms. The Labute approximate surface area is 178 Å². The molecule has 0 radical (unpaired) electrons. The standard InChI is InChI=1S/C22H22N4O3S/c1-15-17(11-7-13-19(15)26(28)29)23-21(27)14-30-22-24-18-10-5-6-12-20(18)25(22)16-8-3-2-4-9-16/h2-4,7-9,11,13H,5-6,10,12,14H2,1H3,(H,23,27). The van der Waals surface area contributed by atoms with E-state index in [1.807, 2.05) is 30.3 Å². The van der Waals surface area contributed by atoms with Crippen molar-refractivity contribution in [2.24, 2.45) is 0 Å². The first-order valence-electron chi connectivity index (χ1n) is 9.87. The summed E-state index contributed by atoms with van der Waals surface area (Å²) in [6.07, 6.45) is 4.22. The normalized spacial score (nSPS) is 13.0. The molecule has 1 heterocycles. The zero-order valence-corrected chi connectivity index (χ0v) is 17.4. The summed E-state index contributed by atoms with van der Waals surface area (Å²) in [6.45, 7) is 1.64. The van der Waals surface area contributed by atoms with Crippen molar-refractivity contribution in [3.63, 3.8) is 0 Å². The lowest BCUT2D eigenvalue weighted by molar-refractivity contribution is -0.385. The summed E-state index contributed by atoms with van der Waals surface area (Å²) in [5.41, 5.74) is 4.29. The van der Waals surface area contributed by atoms with Gasteiger partial charge in [-0.15, -0.1) is 0 Å². The zero-order chi connectivity index (χ0) is 21.1. The van der Waals surface area contributed by atoms with Gasteiger partial charge < -0.3 is 5.32 Å². The van der Waals surface area contributed by atoms with Crippen molar-refractivity contribution in [3.8, 4) is 5.69 Å². The van der Waals surface area contributed by atoms with Gasteiger partial charge in [0.15, 0.2) is 5.16 Å². The molecule has 8 heteroatoms. The molecule has 1 aliphatic carbocycles. The van der Waals surface area contributed by atoms with E-state index in [4.69, 9.17) is 4.98 Å². The summed E-state index contributed by atoms with van der Waals surface area (Å²) < 4.78 is 2.16. The maximum absolute atomic E-state index is 12.6. The van der Waals surface area contributed by atoms with Gasteiger partial charge in [0.05, 0.1) is 27.6 Å². The summed E-state index contributed by atoms with van der Waals surface area (Å²) in [7, 11) is 0. The molecule has 0 spiro atoms. The van der Waals surface area contributed by atoms with Crippen LogP contribution in [-0.4, -0.2) is 26.1 Å². The Morgan fingerprint density at radius 1 is 1.17 bits per heavy atom. The Morgan fingerprint density at radius 3 is 2.70 bits per heavy atom. The number of carbonyl (C=O) groups excluding carboxylic acids is 1. The Kier molecular flexibility index (Phi) is 5.85. The van der Waals surface area contributed by atoms with Crippen molar-refractivity contribution in [3.05, 3.63) is 75.6 Å². The highest BCUT2D eigenvalue weighted by atomic mass is 32.2. The third kappa shape index (κ3) is 4.09. The van der Waals surface area contributed by atoms with Crippen molar-refractivity contribution < 1.29 is 9.72 Å². The second kappa shape index (κ2) is 8.71. The number of carbonyl (C=O) groups is 1. The van der Waals surface area contributed by atoms with Crippen LogP contribution in [0, 0.1) is 17.0 Å². The molecular formula is C22H22N4O3S. The van der Waals surface area contributed by atoms with E-state index < -0.39 is 4.92 Å². The van der Waals surface area contributed by atoms with E-state index in [9.17, 15) is 14.9 Å². The van der Waals surface area contributed by atoms with Crippen LogP contribution in [0.2, 0.25) is 0 Å². The number of fused-ring (bicyclic) bond motifs is 1. The molecule has 1 amide bonds. The number of nitro groups is 1. The predicted molar refractivity (Wildman–Crippen MR) is 117 cm³/mol. The SMILES string of the molecule is Cc1c(NC(=O)CSc2nc3c(n2-c2ccccc2)CCCC3)cccc1[N+](=O)[O-]. The minimum atomic E-state index is -0.444. The molecule has 30 heavy (non-hydrogen) atoms. The number of para-hydroxylation sites is 1. The fourth-order valence-electron chi connectivity index (χ4n) is 3.73. The summed E-state index contributed by atoms with van der Waals surface area (Å²) in [5, 5.41) is 14.7. The van der Waals surface area contributed by atoms with Crippen molar-refractivity contribution in [2.45, 2.75) is 37.8 Å². The first-order chi connectivity index (χ1) is 14.5. The number of nitro benzene ring substituents is 1. The number of aryl methyl sites for hydroxylation is 1. The fraction of sp³-hybridized carbons (Fsp3) is 0.273. The Hall–Kier alpha value is -3.13. The Morgan fingerprint density at radius 2 is 1.93 bits per heavy atom. The van der Waals surface area contributed by atoms with Gasteiger partial charge >= 0.3 is 0 Å². The van der Waals surface area contributed by atoms with Gasteiger partial charge in [0.1, 0.15) is 0 Å². The molecule has 0 fully saturated rings. The van der Waals surface area contributed by atoms with Gasteiger partial charge in [-0.2, -0.15) is 0 Å². The van der Waals surface area contributed by atoms with Gasteiger partial charge in [0.2, 0.25) is 5.91 Å². The van der Waals surface area contributed by atoms with E-state index in [1.54, 1.807) is 19.1 Å². The van der Waals surface area contributed by atoms with Crippen molar-refractivity contribution >= 4 is 29.0 Å². The van der Waals surface area contributed by atoms with Crippen LogP contribution in [0.15, 0.2) is 53.7 Å². The maximum Gasteiger partial charge on any atom is 0.274 e. The van der Waals surface area contributed by atoms with Gasteiger partial charge in [0.25, 0.3) is 5.69 Å². The minimum absolute atomic E-state index is 0.00671. The molecule has 7 nitrogen and oxygen atoms in total. The van der Waals surface area contributed by atoms with Crippen LogP contribution in [0.5, 0.6) is 0 Å². The van der Waals surface area contributed by atoms with Gasteiger partial charge in [-0.25, -0.2) is 4.98 Å². The summed E-state index contributed by atoms with van der Waals surface area (Å²) in [4.78, 5) is 28.1. The highest BCUT2D eigenvalue weighted by molar-refractivity contribution is 7.99. The van der Waals surface area contributed by atoms with E-state index in [-0.39, 0.29) is 17.3 Å². The number of nitrogens with one attached hydrogen (secondary N) is 1. The lowest BCUT2D eigenvalue weighted by Gasteiger charge is -2.15. The van der Waals surface area contributed by atoms with Crippen LogP contribution in [0.25, 0.3) is 5.69 Å². The average molecular weight is 423 g/mol. The van der Waals surface area contributed by atoms with Crippen LogP contribution in [0.1, 0.15) is 29.8 Å². The van der Waals surface area contributed by atoms with Crippen LogP contribution in [0.4, 0.5) is 11.4 Å². The number of hydrogen-bond donors (Lipinski definition) is 1. The number of thioether (sulfide) groups is 1. The highest BCUT2D eigenvalue weighted by Gasteiger charge is 2.22. The third-order valence-corrected chi connectivity index (χ3v) is 6.16. The number of nitrogens with zero attached hydrogens (tertiary/aromatic N) is 3. The smallest absolute Gasteiger partial charge is 0.274 e. The van der Waals surface area contributed by atoms with Crippen LogP contribution >= 0.6 is 11.8 Å². The van der Waals surface area contributed by atoms with Crippen molar-refractivity contribution in [1.29, 1.82) is 0 Å². The monoisotopic (exact) mass is 422 g/mol. The maximum atomic E-state index is 12.6. The molecule has 0 atom stereocenters. The summed E-state index contributed by atoms with van der Waals surface area (Å²) >= 11 is 1.39. The highest BCUT2D eigenvalue weighted by Crippen LogP contribution is 2.31. The Balaban J connectivity index is 1.53. The quantitative estimate of drug-likeness (QED) is 0.353. The molecule has 0 saturated heterocycles. The number of rotatable bonds is 6. The average Bonchev–Trinajstić information content (AvgIpc) is 3.12. The van der Waals surface area contributed by atoms with Crippen LogP contribution in [0.3, 0.4) is 0 Å². The molecule has 1 aliphatic rings. The van der Waals surface area contributed by atoms with Crippen molar-refractivity contribution in [1.82, 2.24) is 9.55 Å². The largest absolute Gasteiger partial charge is 0.325 e. The summed E-state index contributed by atoms with van der Waals surface area (Å²) in [6, 6.07) is 14.8. The molecule has 3 aromatic rings. The zero-order valence-electron chi connectivity index (χ0n) is 16.6. The van der Waals surface area contributed by atoms with E-state index in [1.165, 1.54) is 23.5 Å². The molecular weight excluding hydrogens is 400 g/mol. The first kappa shape index (κ1) is 20.2. The molecule has 1 N–H and O–H groups in total.